The van der Waals surface area contributed by atoms with Crippen LogP contribution in [-0.4, -0.2) is 22.1 Å². The number of amides is 1. The van der Waals surface area contributed by atoms with E-state index in [1.54, 1.807) is 24.8 Å². The van der Waals surface area contributed by atoms with Gasteiger partial charge < -0.3 is 5.32 Å². The standard InChI is InChI=1S/C15H15N5O/c1-11-8-15(21)20(18-9-11)13-2-3-14(17-10-13)19-12-4-6-16-7-5-12/h2-7,9-11H,8H2,1H3,(H,16,17,19). The van der Waals surface area contributed by atoms with Crippen LogP contribution in [0.4, 0.5) is 17.2 Å². The number of anilines is 3. The van der Waals surface area contributed by atoms with Crippen LogP contribution < -0.4 is 10.3 Å². The Morgan fingerprint density at radius 3 is 2.71 bits per heavy atom. The second kappa shape index (κ2) is 5.70. The Labute approximate surface area is 122 Å². The summed E-state index contributed by atoms with van der Waals surface area (Å²) in [5, 5.41) is 8.72. The summed E-state index contributed by atoms with van der Waals surface area (Å²) in [6, 6.07) is 7.35. The van der Waals surface area contributed by atoms with Crippen molar-refractivity contribution in [2.24, 2.45) is 11.0 Å². The van der Waals surface area contributed by atoms with Crippen LogP contribution in [0.5, 0.6) is 0 Å². The minimum Gasteiger partial charge on any atom is -0.340 e. The second-order valence-corrected chi connectivity index (χ2v) is 4.91. The highest BCUT2D eigenvalue weighted by molar-refractivity contribution is 5.97. The number of nitrogens with one attached hydrogen (secondary N) is 1. The molecule has 6 nitrogen and oxygen atoms in total. The van der Waals surface area contributed by atoms with E-state index in [9.17, 15) is 4.79 Å². The van der Waals surface area contributed by atoms with E-state index in [4.69, 9.17) is 0 Å². The number of carbonyl (C=O) groups excluding carboxylic acids is 1. The summed E-state index contributed by atoms with van der Waals surface area (Å²) >= 11 is 0. The lowest BCUT2D eigenvalue weighted by molar-refractivity contribution is -0.119. The molecule has 1 unspecified atom stereocenters. The van der Waals surface area contributed by atoms with E-state index < -0.39 is 0 Å². The third-order valence-corrected chi connectivity index (χ3v) is 3.11. The smallest absolute Gasteiger partial charge is 0.248 e. The van der Waals surface area contributed by atoms with E-state index in [1.165, 1.54) is 5.01 Å². The molecule has 106 valence electrons. The molecule has 0 radical (unpaired) electrons. The minimum absolute atomic E-state index is 0.0124. The fraction of sp³-hybridized carbons (Fsp3) is 0.200. The summed E-state index contributed by atoms with van der Waals surface area (Å²) in [6.45, 7) is 1.97. The maximum Gasteiger partial charge on any atom is 0.248 e. The van der Waals surface area contributed by atoms with Gasteiger partial charge in [0.15, 0.2) is 0 Å². The molecule has 1 N–H and O–H groups in total. The number of hydrogen-bond donors (Lipinski definition) is 1. The molecule has 3 rings (SSSR count). The van der Waals surface area contributed by atoms with Crippen LogP contribution in [0.15, 0.2) is 48.0 Å². The van der Waals surface area contributed by atoms with Gasteiger partial charge in [-0.15, -0.1) is 0 Å². The van der Waals surface area contributed by atoms with Gasteiger partial charge in [0.2, 0.25) is 5.91 Å². The van der Waals surface area contributed by atoms with Crippen LogP contribution in [-0.2, 0) is 4.79 Å². The molecule has 6 heteroatoms. The summed E-state index contributed by atoms with van der Waals surface area (Å²) < 4.78 is 0. The SMILES string of the molecule is CC1C=NN(c2ccc(Nc3ccncc3)nc2)C(=O)C1. The van der Waals surface area contributed by atoms with Crippen LogP contribution in [0.2, 0.25) is 0 Å². The van der Waals surface area contributed by atoms with Crippen molar-refractivity contribution in [1.82, 2.24) is 9.97 Å². The van der Waals surface area contributed by atoms with Crippen LogP contribution in [0.1, 0.15) is 13.3 Å². The number of hydrazone groups is 1. The third-order valence-electron chi connectivity index (χ3n) is 3.11. The summed E-state index contributed by atoms with van der Waals surface area (Å²) in [4.78, 5) is 20.2. The Morgan fingerprint density at radius 1 is 1.24 bits per heavy atom. The van der Waals surface area contributed by atoms with E-state index >= 15 is 0 Å². The van der Waals surface area contributed by atoms with Gasteiger partial charge in [0.25, 0.3) is 0 Å². The second-order valence-electron chi connectivity index (χ2n) is 4.91. The Morgan fingerprint density at radius 2 is 2.05 bits per heavy atom. The van der Waals surface area contributed by atoms with Gasteiger partial charge in [-0.1, -0.05) is 6.92 Å². The van der Waals surface area contributed by atoms with Gasteiger partial charge in [0.05, 0.1) is 11.9 Å². The van der Waals surface area contributed by atoms with E-state index in [0.29, 0.717) is 17.9 Å². The molecule has 1 aliphatic rings. The molecule has 0 bridgehead atoms. The van der Waals surface area contributed by atoms with Crippen molar-refractivity contribution in [3.8, 4) is 0 Å². The van der Waals surface area contributed by atoms with Gasteiger partial charge in [-0.2, -0.15) is 10.1 Å². The minimum atomic E-state index is -0.0124. The maximum absolute atomic E-state index is 11.9. The first-order chi connectivity index (χ1) is 10.2. The quantitative estimate of drug-likeness (QED) is 0.938. The third kappa shape index (κ3) is 3.05. The predicted octanol–water partition coefficient (Wildman–Crippen LogP) is 2.58. The molecule has 0 fully saturated rings. The summed E-state index contributed by atoms with van der Waals surface area (Å²) in [6.07, 6.45) is 7.30. The zero-order valence-corrected chi connectivity index (χ0v) is 11.6. The molecule has 21 heavy (non-hydrogen) atoms. The van der Waals surface area contributed by atoms with Crippen molar-refractivity contribution in [3.05, 3.63) is 42.9 Å². The predicted molar refractivity (Wildman–Crippen MR) is 81.5 cm³/mol. The number of pyridine rings is 2. The molecule has 0 saturated carbocycles. The van der Waals surface area contributed by atoms with Crippen LogP contribution in [0, 0.1) is 5.92 Å². The molecule has 0 spiro atoms. The van der Waals surface area contributed by atoms with E-state index in [-0.39, 0.29) is 11.8 Å². The van der Waals surface area contributed by atoms with Gasteiger partial charge in [0.1, 0.15) is 5.82 Å². The first kappa shape index (κ1) is 13.2. The Balaban J connectivity index is 1.75. The van der Waals surface area contributed by atoms with Crippen molar-refractivity contribution in [2.45, 2.75) is 13.3 Å². The van der Waals surface area contributed by atoms with Crippen LogP contribution in [0.25, 0.3) is 0 Å². The normalized spacial score (nSPS) is 17.9. The molecule has 2 aromatic heterocycles. The summed E-state index contributed by atoms with van der Waals surface area (Å²) in [7, 11) is 0. The Kier molecular flexibility index (Phi) is 3.59. The van der Waals surface area contributed by atoms with E-state index in [2.05, 4.69) is 20.4 Å². The molecule has 1 atom stereocenters. The maximum atomic E-state index is 11.9. The van der Waals surface area contributed by atoms with Gasteiger partial charge in [-0.3, -0.25) is 9.78 Å². The Hall–Kier alpha value is -2.76. The van der Waals surface area contributed by atoms with Crippen molar-refractivity contribution in [2.75, 3.05) is 10.3 Å². The lowest BCUT2D eigenvalue weighted by Crippen LogP contribution is -2.31. The van der Waals surface area contributed by atoms with Crippen LogP contribution in [0.3, 0.4) is 0 Å². The van der Waals surface area contributed by atoms with Gasteiger partial charge in [-0.25, -0.2) is 4.98 Å². The zero-order chi connectivity index (χ0) is 14.7. The topological polar surface area (TPSA) is 70.5 Å². The monoisotopic (exact) mass is 281 g/mol. The number of hydrogen-bond acceptors (Lipinski definition) is 5. The van der Waals surface area contributed by atoms with E-state index in [0.717, 1.165) is 5.69 Å². The van der Waals surface area contributed by atoms with Gasteiger partial charge in [-0.05, 0) is 24.3 Å². The lowest BCUT2D eigenvalue weighted by Gasteiger charge is -2.22. The molecular weight excluding hydrogens is 266 g/mol. The molecule has 2 aromatic rings. The number of rotatable bonds is 3. The van der Waals surface area contributed by atoms with Crippen molar-refractivity contribution in [1.29, 1.82) is 0 Å². The average Bonchev–Trinajstić information content (AvgIpc) is 2.49. The number of nitrogens with zero attached hydrogens (tertiary/aromatic N) is 4. The number of aromatic nitrogens is 2. The van der Waals surface area contributed by atoms with Crippen molar-refractivity contribution >= 4 is 29.3 Å². The first-order valence-electron chi connectivity index (χ1n) is 6.72. The molecule has 0 aromatic carbocycles. The molecule has 1 amide bonds. The van der Waals surface area contributed by atoms with E-state index in [1.807, 2.05) is 31.2 Å². The molecule has 1 aliphatic heterocycles. The highest BCUT2D eigenvalue weighted by atomic mass is 16.2. The molecule has 3 heterocycles. The number of carbonyl (C=O) groups is 1. The Bertz CT molecular complexity index is 654. The highest BCUT2D eigenvalue weighted by Gasteiger charge is 2.21. The average molecular weight is 281 g/mol. The molecular formula is C15H15N5O. The molecule has 0 saturated heterocycles. The first-order valence-corrected chi connectivity index (χ1v) is 6.72. The van der Waals surface area contributed by atoms with Gasteiger partial charge >= 0.3 is 0 Å². The highest BCUT2D eigenvalue weighted by Crippen LogP contribution is 2.21. The van der Waals surface area contributed by atoms with Gasteiger partial charge in [0, 0.05) is 36.6 Å². The summed E-state index contributed by atoms with van der Waals surface area (Å²) in [5.41, 5.74) is 1.58. The fourth-order valence-electron chi connectivity index (χ4n) is 2.04. The lowest BCUT2D eigenvalue weighted by atomic mass is 10.1. The zero-order valence-electron chi connectivity index (χ0n) is 11.6. The summed E-state index contributed by atoms with van der Waals surface area (Å²) in [5.74, 6) is 0.878. The largest absolute Gasteiger partial charge is 0.340 e. The van der Waals surface area contributed by atoms with Crippen LogP contribution >= 0.6 is 0 Å². The fourth-order valence-corrected chi connectivity index (χ4v) is 2.04. The molecule has 0 aliphatic carbocycles. The van der Waals surface area contributed by atoms with Crippen molar-refractivity contribution < 1.29 is 4.79 Å². The van der Waals surface area contributed by atoms with Crippen molar-refractivity contribution in [3.63, 3.8) is 0 Å².